The normalized spacial score (nSPS) is 19.9. The molecule has 0 atom stereocenters. The Morgan fingerprint density at radius 3 is 2.59 bits per heavy atom. The number of likely N-dealkylation sites (tertiary alicyclic amines) is 1. The SMILES string of the molecule is Cc1[nH]nc(-c2c(F)cccc2F)c1CN1CCC2(CC1)OCC(F)(F)c1cc(Cl)sc12. The van der Waals surface area contributed by atoms with Crippen LogP contribution in [0.4, 0.5) is 17.6 Å². The number of piperidine rings is 1. The largest absolute Gasteiger partial charge is 0.363 e. The molecular weight excluding hydrogens is 466 g/mol. The van der Waals surface area contributed by atoms with Gasteiger partial charge in [0.05, 0.1) is 9.90 Å². The summed E-state index contributed by atoms with van der Waals surface area (Å²) in [6.07, 6.45) is 1.04. The van der Waals surface area contributed by atoms with Gasteiger partial charge < -0.3 is 4.74 Å². The molecule has 1 fully saturated rings. The minimum absolute atomic E-state index is 0.0322. The summed E-state index contributed by atoms with van der Waals surface area (Å²) in [7, 11) is 0. The molecule has 4 heterocycles. The van der Waals surface area contributed by atoms with Crippen LogP contribution in [0.5, 0.6) is 0 Å². The number of nitrogens with one attached hydrogen (secondary N) is 1. The van der Waals surface area contributed by atoms with E-state index in [1.54, 1.807) is 0 Å². The van der Waals surface area contributed by atoms with Crippen molar-refractivity contribution in [1.29, 1.82) is 0 Å². The average molecular weight is 486 g/mol. The van der Waals surface area contributed by atoms with Gasteiger partial charge >= 0.3 is 0 Å². The summed E-state index contributed by atoms with van der Waals surface area (Å²) in [4.78, 5) is 2.63. The van der Waals surface area contributed by atoms with E-state index in [2.05, 4.69) is 15.1 Å². The van der Waals surface area contributed by atoms with Crippen LogP contribution in [0, 0.1) is 18.6 Å². The smallest absolute Gasteiger partial charge is 0.297 e. The van der Waals surface area contributed by atoms with Crippen LogP contribution < -0.4 is 0 Å². The molecule has 0 saturated carbocycles. The quantitative estimate of drug-likeness (QED) is 0.463. The lowest BCUT2D eigenvalue weighted by molar-refractivity contribution is -0.182. The van der Waals surface area contributed by atoms with Crippen LogP contribution in [0.3, 0.4) is 0 Å². The van der Waals surface area contributed by atoms with E-state index >= 15 is 0 Å². The molecule has 0 unspecified atom stereocenters. The van der Waals surface area contributed by atoms with Crippen LogP contribution in [0.2, 0.25) is 4.34 Å². The van der Waals surface area contributed by atoms with Crippen molar-refractivity contribution < 1.29 is 22.3 Å². The van der Waals surface area contributed by atoms with E-state index in [0.29, 0.717) is 47.3 Å². The molecule has 2 aliphatic heterocycles. The zero-order valence-electron chi connectivity index (χ0n) is 17.2. The van der Waals surface area contributed by atoms with Crippen molar-refractivity contribution in [3.63, 3.8) is 0 Å². The fourth-order valence-corrected chi connectivity index (χ4v) is 6.07. The zero-order valence-corrected chi connectivity index (χ0v) is 18.7. The molecule has 10 heteroatoms. The third-order valence-electron chi connectivity index (χ3n) is 6.36. The van der Waals surface area contributed by atoms with Crippen LogP contribution in [0.15, 0.2) is 24.3 Å². The predicted molar refractivity (Wildman–Crippen MR) is 114 cm³/mol. The second kappa shape index (κ2) is 7.83. The van der Waals surface area contributed by atoms with Gasteiger partial charge in [0, 0.05) is 41.3 Å². The summed E-state index contributed by atoms with van der Waals surface area (Å²) in [6, 6.07) is 5.08. The molecule has 2 aliphatic rings. The first-order valence-electron chi connectivity index (χ1n) is 10.2. The number of thiophene rings is 1. The van der Waals surface area contributed by atoms with E-state index in [0.717, 1.165) is 17.0 Å². The molecule has 0 bridgehead atoms. The first-order valence-corrected chi connectivity index (χ1v) is 11.4. The lowest BCUT2D eigenvalue weighted by atomic mass is 9.84. The number of aryl methyl sites for hydroxylation is 1. The Morgan fingerprint density at radius 2 is 1.91 bits per heavy atom. The topological polar surface area (TPSA) is 41.2 Å². The van der Waals surface area contributed by atoms with Gasteiger partial charge in [-0.1, -0.05) is 17.7 Å². The van der Waals surface area contributed by atoms with Crippen molar-refractivity contribution in [2.45, 2.75) is 37.8 Å². The van der Waals surface area contributed by atoms with Crippen LogP contribution in [-0.2, 0) is 22.8 Å². The monoisotopic (exact) mass is 485 g/mol. The molecule has 170 valence electrons. The third-order valence-corrected chi connectivity index (χ3v) is 7.81. The minimum Gasteiger partial charge on any atom is -0.363 e. The Bertz CT molecular complexity index is 1150. The van der Waals surface area contributed by atoms with Crippen molar-refractivity contribution in [3.05, 3.63) is 61.9 Å². The van der Waals surface area contributed by atoms with Crippen molar-refractivity contribution >= 4 is 22.9 Å². The van der Waals surface area contributed by atoms with E-state index in [1.165, 1.54) is 24.3 Å². The molecule has 3 aromatic rings. The number of H-pyrrole nitrogens is 1. The summed E-state index contributed by atoms with van der Waals surface area (Å²) in [6.45, 7) is 2.72. The third kappa shape index (κ3) is 3.55. The molecule has 1 spiro atoms. The number of alkyl halides is 2. The number of halogens is 5. The number of nitrogens with zero attached hydrogens (tertiary/aromatic N) is 2. The van der Waals surface area contributed by atoms with Crippen LogP contribution in [-0.4, -0.2) is 34.8 Å². The van der Waals surface area contributed by atoms with Gasteiger partial charge in [-0.2, -0.15) is 13.9 Å². The Hall–Kier alpha value is -1.94. The summed E-state index contributed by atoms with van der Waals surface area (Å²) in [5, 5.41) is 6.98. The highest BCUT2D eigenvalue weighted by atomic mass is 35.5. The van der Waals surface area contributed by atoms with E-state index in [1.807, 2.05) is 6.92 Å². The Morgan fingerprint density at radius 1 is 1.22 bits per heavy atom. The summed E-state index contributed by atoms with van der Waals surface area (Å²) < 4.78 is 63.5. The van der Waals surface area contributed by atoms with Crippen LogP contribution in [0.25, 0.3) is 11.3 Å². The van der Waals surface area contributed by atoms with Gasteiger partial charge in [-0.05, 0) is 38.0 Å². The van der Waals surface area contributed by atoms with E-state index < -0.39 is 29.8 Å². The molecule has 2 aromatic heterocycles. The minimum atomic E-state index is -3.05. The predicted octanol–water partition coefficient (Wildman–Crippen LogP) is 5.99. The molecular formula is C22H20ClF4N3OS. The van der Waals surface area contributed by atoms with Crippen LogP contribution >= 0.6 is 22.9 Å². The Kier molecular flexibility index (Phi) is 5.35. The van der Waals surface area contributed by atoms with Gasteiger partial charge in [0.2, 0.25) is 0 Å². The first kappa shape index (κ1) is 21.9. The molecule has 1 saturated heterocycles. The number of rotatable bonds is 3. The van der Waals surface area contributed by atoms with Crippen molar-refractivity contribution in [2.24, 2.45) is 0 Å². The van der Waals surface area contributed by atoms with E-state index in [-0.39, 0.29) is 16.8 Å². The maximum Gasteiger partial charge on any atom is 0.297 e. The average Bonchev–Trinajstić information content (AvgIpc) is 3.32. The van der Waals surface area contributed by atoms with Crippen molar-refractivity contribution in [3.8, 4) is 11.3 Å². The molecule has 0 radical (unpaired) electrons. The highest BCUT2D eigenvalue weighted by molar-refractivity contribution is 7.16. The second-order valence-corrected chi connectivity index (χ2v) is 10.0. The number of hydrogen-bond acceptors (Lipinski definition) is 4. The number of hydrogen-bond donors (Lipinski definition) is 1. The molecule has 0 amide bonds. The van der Waals surface area contributed by atoms with Crippen molar-refractivity contribution in [2.75, 3.05) is 19.7 Å². The van der Waals surface area contributed by atoms with Gasteiger partial charge in [-0.25, -0.2) is 8.78 Å². The summed E-state index contributed by atoms with van der Waals surface area (Å²) in [5.74, 6) is -4.39. The van der Waals surface area contributed by atoms with Gasteiger partial charge in [0.1, 0.15) is 29.5 Å². The first-order chi connectivity index (χ1) is 15.2. The number of ether oxygens (including phenoxy) is 1. The second-order valence-electron chi connectivity index (χ2n) is 8.33. The molecule has 1 N–H and O–H groups in total. The van der Waals surface area contributed by atoms with Gasteiger partial charge in [0.15, 0.2) is 0 Å². The Labute approximate surface area is 191 Å². The zero-order chi connectivity index (χ0) is 22.7. The number of aromatic amines is 1. The standard InChI is InChI=1S/C22H20ClF4N3OS/c1-12-13(19(29-28-12)18-15(24)3-2-4-16(18)25)10-30-7-5-21(6-8-30)20-14(9-17(23)32-20)22(26,27)11-31-21/h2-4,9H,5-8,10-11H2,1H3,(H,28,29). The molecule has 5 rings (SSSR count). The lowest BCUT2D eigenvalue weighted by Crippen LogP contribution is -2.48. The Balaban J connectivity index is 1.38. The number of fused-ring (bicyclic) bond motifs is 2. The maximum atomic E-state index is 14.4. The number of benzene rings is 1. The summed E-state index contributed by atoms with van der Waals surface area (Å²) in [5.41, 5.74) is 0.715. The van der Waals surface area contributed by atoms with Crippen LogP contribution in [0.1, 0.15) is 34.5 Å². The molecule has 4 nitrogen and oxygen atoms in total. The fraction of sp³-hybridized carbons (Fsp3) is 0.409. The highest BCUT2D eigenvalue weighted by Crippen LogP contribution is 2.52. The maximum absolute atomic E-state index is 14.4. The van der Waals surface area contributed by atoms with Gasteiger partial charge in [-0.15, -0.1) is 11.3 Å². The van der Waals surface area contributed by atoms with E-state index in [4.69, 9.17) is 16.3 Å². The number of aromatic nitrogens is 2. The molecule has 0 aliphatic carbocycles. The summed E-state index contributed by atoms with van der Waals surface area (Å²) >= 11 is 7.22. The van der Waals surface area contributed by atoms with Crippen molar-refractivity contribution in [1.82, 2.24) is 15.1 Å². The lowest BCUT2D eigenvalue weighted by Gasteiger charge is -2.45. The van der Waals surface area contributed by atoms with E-state index in [9.17, 15) is 17.6 Å². The molecule has 1 aromatic carbocycles. The molecule has 32 heavy (non-hydrogen) atoms. The highest BCUT2D eigenvalue weighted by Gasteiger charge is 2.51. The van der Waals surface area contributed by atoms with Gasteiger partial charge in [0.25, 0.3) is 5.92 Å². The van der Waals surface area contributed by atoms with Gasteiger partial charge in [-0.3, -0.25) is 10.00 Å². The fourth-order valence-electron chi connectivity index (χ4n) is 4.59.